The second kappa shape index (κ2) is 7.03. The number of carbonyl (C=O) groups excluding carboxylic acids is 2. The van der Waals surface area contributed by atoms with Crippen molar-refractivity contribution < 1.29 is 18.0 Å². The van der Waals surface area contributed by atoms with Crippen LogP contribution in [0.15, 0.2) is 48.5 Å². The van der Waals surface area contributed by atoms with Crippen LogP contribution in [0, 0.1) is 6.92 Å². The first-order valence-corrected chi connectivity index (χ1v) is 10.3. The van der Waals surface area contributed by atoms with Crippen molar-refractivity contribution >= 4 is 38.9 Å². The lowest BCUT2D eigenvalue weighted by atomic mass is 10.1. The number of hydrogen-bond donors (Lipinski definition) is 1. The molecular formula is C19H21N3O4S. The first-order valence-electron chi connectivity index (χ1n) is 8.45. The Morgan fingerprint density at radius 2 is 1.89 bits per heavy atom. The van der Waals surface area contributed by atoms with Gasteiger partial charge in [0.05, 0.1) is 23.3 Å². The average Bonchev–Trinajstić information content (AvgIpc) is 2.59. The van der Waals surface area contributed by atoms with Gasteiger partial charge in [0.1, 0.15) is 12.6 Å². The van der Waals surface area contributed by atoms with E-state index in [1.165, 1.54) is 11.8 Å². The zero-order valence-electron chi connectivity index (χ0n) is 15.3. The molecule has 2 amide bonds. The van der Waals surface area contributed by atoms with Crippen LogP contribution in [0.3, 0.4) is 0 Å². The maximum Gasteiger partial charge on any atom is 0.251 e. The quantitative estimate of drug-likeness (QED) is 0.871. The molecule has 1 N–H and O–H groups in total. The minimum absolute atomic E-state index is 0.161. The summed E-state index contributed by atoms with van der Waals surface area (Å²) >= 11 is 0. The molecule has 0 unspecified atom stereocenters. The highest BCUT2D eigenvalue weighted by Gasteiger charge is 2.35. The van der Waals surface area contributed by atoms with Crippen LogP contribution in [0.5, 0.6) is 0 Å². The zero-order chi connectivity index (χ0) is 19.8. The van der Waals surface area contributed by atoms with Gasteiger partial charge >= 0.3 is 0 Å². The highest BCUT2D eigenvalue weighted by molar-refractivity contribution is 7.92. The molecule has 0 spiro atoms. The Balaban J connectivity index is 2.01. The van der Waals surface area contributed by atoms with E-state index < -0.39 is 22.0 Å². The van der Waals surface area contributed by atoms with Crippen molar-refractivity contribution in [2.75, 3.05) is 27.3 Å². The van der Waals surface area contributed by atoms with Gasteiger partial charge in [0, 0.05) is 0 Å². The zero-order valence-corrected chi connectivity index (χ0v) is 16.2. The summed E-state index contributed by atoms with van der Waals surface area (Å²) in [5.74, 6) is -0.792. The van der Waals surface area contributed by atoms with E-state index in [0.29, 0.717) is 17.1 Å². The number of hydrogen-bond acceptors (Lipinski definition) is 4. The second-order valence-electron chi connectivity index (χ2n) is 6.56. The summed E-state index contributed by atoms with van der Waals surface area (Å²) in [5, 5.41) is 2.72. The summed E-state index contributed by atoms with van der Waals surface area (Å²) in [6, 6.07) is 12.9. The van der Waals surface area contributed by atoms with Crippen LogP contribution in [0.1, 0.15) is 12.5 Å². The van der Waals surface area contributed by atoms with E-state index in [4.69, 9.17) is 0 Å². The lowest BCUT2D eigenvalue weighted by Crippen LogP contribution is -2.52. The van der Waals surface area contributed by atoms with Crippen LogP contribution >= 0.6 is 0 Å². The average molecular weight is 387 g/mol. The number of para-hydroxylation sites is 2. The van der Waals surface area contributed by atoms with Crippen LogP contribution in [-0.4, -0.2) is 39.1 Å². The molecular weight excluding hydrogens is 366 g/mol. The monoisotopic (exact) mass is 387 g/mol. The molecule has 0 saturated heterocycles. The molecule has 27 heavy (non-hydrogen) atoms. The molecule has 0 radical (unpaired) electrons. The second-order valence-corrected chi connectivity index (χ2v) is 8.42. The Hall–Kier alpha value is -2.87. The van der Waals surface area contributed by atoms with Gasteiger partial charge in [-0.25, -0.2) is 8.42 Å². The molecule has 0 saturated carbocycles. The predicted molar refractivity (Wildman–Crippen MR) is 105 cm³/mol. The molecule has 7 nitrogen and oxygen atoms in total. The highest BCUT2D eigenvalue weighted by Crippen LogP contribution is 2.31. The van der Waals surface area contributed by atoms with Crippen molar-refractivity contribution in [3.05, 3.63) is 54.1 Å². The third-order valence-electron chi connectivity index (χ3n) is 4.36. The molecule has 142 valence electrons. The maximum absolute atomic E-state index is 13.2. The van der Waals surface area contributed by atoms with Crippen molar-refractivity contribution in [1.29, 1.82) is 0 Å². The van der Waals surface area contributed by atoms with Gasteiger partial charge in [0.15, 0.2) is 0 Å². The molecule has 1 aliphatic heterocycles. The summed E-state index contributed by atoms with van der Waals surface area (Å²) in [4.78, 5) is 26.5. The SMILES string of the molecule is Cc1cccc(N([C@@H](C)C(=O)N2CC(=O)Nc3ccccc32)S(C)(=O)=O)c1. The summed E-state index contributed by atoms with van der Waals surface area (Å²) in [6.07, 6.45) is 1.07. The number of carbonyl (C=O) groups is 2. The third kappa shape index (κ3) is 3.80. The fourth-order valence-corrected chi connectivity index (χ4v) is 4.38. The molecule has 3 rings (SSSR count). The fraction of sp³-hybridized carbons (Fsp3) is 0.263. The van der Waals surface area contributed by atoms with Crippen LogP contribution in [0.4, 0.5) is 17.1 Å². The van der Waals surface area contributed by atoms with Crippen molar-refractivity contribution in [2.24, 2.45) is 0 Å². The van der Waals surface area contributed by atoms with E-state index in [-0.39, 0.29) is 12.5 Å². The molecule has 2 aromatic carbocycles. The standard InChI is InChI=1S/C19H21N3O4S/c1-13-7-6-8-15(11-13)22(27(3,25)26)14(2)19(24)21-12-18(23)20-16-9-4-5-10-17(16)21/h4-11,14H,12H2,1-3H3,(H,20,23)/t14-/m0/s1. The van der Waals surface area contributed by atoms with Gasteiger partial charge in [-0.3, -0.25) is 18.8 Å². The number of fused-ring (bicyclic) bond motifs is 1. The minimum atomic E-state index is -3.72. The van der Waals surface area contributed by atoms with Gasteiger partial charge in [0.25, 0.3) is 5.91 Å². The Morgan fingerprint density at radius 3 is 2.56 bits per heavy atom. The van der Waals surface area contributed by atoms with E-state index >= 15 is 0 Å². The van der Waals surface area contributed by atoms with E-state index in [1.807, 2.05) is 13.0 Å². The number of aryl methyl sites for hydroxylation is 1. The lowest BCUT2D eigenvalue weighted by Gasteiger charge is -2.35. The van der Waals surface area contributed by atoms with Crippen molar-refractivity contribution in [2.45, 2.75) is 19.9 Å². The molecule has 1 heterocycles. The van der Waals surface area contributed by atoms with Gasteiger partial charge in [-0.2, -0.15) is 0 Å². The van der Waals surface area contributed by atoms with Crippen molar-refractivity contribution in [3.8, 4) is 0 Å². The topological polar surface area (TPSA) is 86.8 Å². The van der Waals surface area contributed by atoms with Gasteiger partial charge in [-0.05, 0) is 43.7 Å². The Labute approximate surface area is 158 Å². The fourth-order valence-electron chi connectivity index (χ4n) is 3.22. The largest absolute Gasteiger partial charge is 0.323 e. The maximum atomic E-state index is 13.2. The Morgan fingerprint density at radius 1 is 1.19 bits per heavy atom. The van der Waals surface area contributed by atoms with Gasteiger partial charge < -0.3 is 5.32 Å². The number of amides is 2. The van der Waals surface area contributed by atoms with Crippen LogP contribution in [0.2, 0.25) is 0 Å². The summed E-state index contributed by atoms with van der Waals surface area (Å²) in [5.41, 5.74) is 2.36. The van der Waals surface area contributed by atoms with E-state index in [1.54, 1.807) is 42.5 Å². The third-order valence-corrected chi connectivity index (χ3v) is 5.60. The van der Waals surface area contributed by atoms with Crippen LogP contribution < -0.4 is 14.5 Å². The summed E-state index contributed by atoms with van der Waals surface area (Å²) in [7, 11) is -3.72. The first kappa shape index (κ1) is 18.9. The summed E-state index contributed by atoms with van der Waals surface area (Å²) in [6.45, 7) is 3.22. The van der Waals surface area contributed by atoms with E-state index in [9.17, 15) is 18.0 Å². The number of rotatable bonds is 4. The molecule has 0 bridgehead atoms. The van der Waals surface area contributed by atoms with Gasteiger partial charge in [-0.15, -0.1) is 0 Å². The molecule has 0 aromatic heterocycles. The first-order chi connectivity index (χ1) is 12.7. The number of nitrogens with zero attached hydrogens (tertiary/aromatic N) is 2. The van der Waals surface area contributed by atoms with Crippen LogP contribution in [0.25, 0.3) is 0 Å². The molecule has 0 aliphatic carbocycles. The lowest BCUT2D eigenvalue weighted by molar-refractivity contribution is -0.122. The number of sulfonamides is 1. The van der Waals surface area contributed by atoms with Gasteiger partial charge in [-0.1, -0.05) is 24.3 Å². The number of benzene rings is 2. The Kier molecular flexibility index (Phi) is 4.93. The van der Waals surface area contributed by atoms with Crippen molar-refractivity contribution in [1.82, 2.24) is 0 Å². The van der Waals surface area contributed by atoms with E-state index in [0.717, 1.165) is 16.1 Å². The molecule has 8 heteroatoms. The molecule has 1 aliphatic rings. The normalized spacial score (nSPS) is 14.9. The molecule has 2 aromatic rings. The van der Waals surface area contributed by atoms with Crippen molar-refractivity contribution in [3.63, 3.8) is 0 Å². The molecule has 0 fully saturated rings. The molecule has 1 atom stereocenters. The highest BCUT2D eigenvalue weighted by atomic mass is 32.2. The smallest absolute Gasteiger partial charge is 0.251 e. The Bertz CT molecular complexity index is 1000. The van der Waals surface area contributed by atoms with Crippen LogP contribution in [-0.2, 0) is 19.6 Å². The number of nitrogens with one attached hydrogen (secondary N) is 1. The minimum Gasteiger partial charge on any atom is -0.323 e. The number of anilines is 3. The van der Waals surface area contributed by atoms with Gasteiger partial charge in [0.2, 0.25) is 15.9 Å². The van der Waals surface area contributed by atoms with E-state index in [2.05, 4.69) is 5.32 Å². The summed E-state index contributed by atoms with van der Waals surface area (Å²) < 4.78 is 26.0. The predicted octanol–water partition coefficient (Wildman–Crippen LogP) is 2.13.